The van der Waals surface area contributed by atoms with Crippen LogP contribution in [-0.2, 0) is 25.9 Å². The van der Waals surface area contributed by atoms with Gasteiger partial charge in [0, 0.05) is 34.5 Å². The predicted octanol–water partition coefficient (Wildman–Crippen LogP) is 1.40. The van der Waals surface area contributed by atoms with Gasteiger partial charge >= 0.3 is 7.12 Å². The maximum Gasteiger partial charge on any atom is 0.498 e. The van der Waals surface area contributed by atoms with Crippen molar-refractivity contribution in [1.29, 1.82) is 0 Å². The van der Waals surface area contributed by atoms with Crippen LogP contribution in [0.5, 0.6) is 0 Å². The number of pyridine rings is 1. The average Bonchev–Trinajstić information content (AvgIpc) is 2.46. The van der Waals surface area contributed by atoms with Crippen LogP contribution in [0.25, 0.3) is 0 Å². The highest BCUT2D eigenvalue weighted by atomic mass is 32.2. The van der Waals surface area contributed by atoms with Crippen molar-refractivity contribution >= 4 is 23.4 Å². The molecule has 2 rings (SSSR count). The minimum atomic E-state index is -1.09. The Hall–Kier alpha value is -0.785. The maximum absolute atomic E-state index is 14.1. The summed E-state index contributed by atoms with van der Waals surface area (Å²) < 4.78 is 37.3. The first kappa shape index (κ1) is 15.6. The fourth-order valence-electron chi connectivity index (χ4n) is 2.04. The lowest BCUT2D eigenvalue weighted by molar-refractivity contribution is 0.00578. The Labute approximate surface area is 121 Å². The third kappa shape index (κ3) is 2.80. The number of rotatable bonds is 3. The summed E-state index contributed by atoms with van der Waals surface area (Å²) in [7, 11) is -1.90. The second kappa shape index (κ2) is 5.20. The van der Waals surface area contributed by atoms with Gasteiger partial charge in [-0.25, -0.2) is 4.39 Å². The van der Waals surface area contributed by atoms with E-state index in [1.807, 2.05) is 27.7 Å². The largest absolute Gasteiger partial charge is 0.498 e. The summed E-state index contributed by atoms with van der Waals surface area (Å²) in [5, 5.41) is 0. The fourth-order valence-corrected chi connectivity index (χ4v) is 2.71. The average molecular weight is 299 g/mol. The van der Waals surface area contributed by atoms with Crippen LogP contribution < -0.4 is 5.46 Å². The maximum atomic E-state index is 14.1. The van der Waals surface area contributed by atoms with Crippen LogP contribution in [0.1, 0.15) is 33.3 Å². The quantitative estimate of drug-likeness (QED) is 0.792. The van der Waals surface area contributed by atoms with E-state index in [0.29, 0.717) is 11.0 Å². The minimum Gasteiger partial charge on any atom is -0.399 e. The highest BCUT2D eigenvalue weighted by molar-refractivity contribution is 7.83. The number of hydrogen-bond donors (Lipinski definition) is 0. The normalized spacial score (nSPS) is 22.0. The molecule has 20 heavy (non-hydrogen) atoms. The molecule has 1 aromatic rings. The van der Waals surface area contributed by atoms with E-state index in [0.717, 1.165) is 6.20 Å². The summed E-state index contributed by atoms with van der Waals surface area (Å²) in [4.78, 5) is 3.82. The van der Waals surface area contributed by atoms with Gasteiger partial charge in [0.05, 0.1) is 17.4 Å². The first-order valence-electron chi connectivity index (χ1n) is 6.42. The number of aromatic nitrogens is 1. The minimum absolute atomic E-state index is 0.226. The monoisotopic (exact) mass is 299 g/mol. The van der Waals surface area contributed by atoms with Crippen molar-refractivity contribution < 1.29 is 17.9 Å². The van der Waals surface area contributed by atoms with Gasteiger partial charge in [0.15, 0.2) is 0 Å². The molecular weight excluding hydrogens is 280 g/mol. The molecule has 1 aliphatic rings. The molecule has 0 radical (unpaired) electrons. The fraction of sp³-hybridized carbons (Fsp3) is 0.615. The van der Waals surface area contributed by atoms with Gasteiger partial charge in [0.2, 0.25) is 0 Å². The van der Waals surface area contributed by atoms with Crippen molar-refractivity contribution in [3.05, 3.63) is 23.8 Å². The van der Waals surface area contributed by atoms with E-state index in [-0.39, 0.29) is 5.75 Å². The first-order valence-corrected chi connectivity index (χ1v) is 8.15. The number of halogens is 1. The number of nitrogens with zero attached hydrogens (tertiary/aromatic N) is 1. The van der Waals surface area contributed by atoms with Gasteiger partial charge in [-0.15, -0.1) is 0 Å². The zero-order chi connectivity index (χ0) is 15.1. The van der Waals surface area contributed by atoms with Crippen LogP contribution in [0.15, 0.2) is 12.4 Å². The highest BCUT2D eigenvalue weighted by Gasteiger charge is 2.53. The van der Waals surface area contributed by atoms with Gasteiger partial charge in [0.1, 0.15) is 5.82 Å². The Morgan fingerprint density at radius 2 is 1.80 bits per heavy atom. The SMILES string of the molecule is CS(=O)Cc1cncc(F)c1B1OC(C)(C)C(C)(C)O1. The van der Waals surface area contributed by atoms with E-state index in [9.17, 15) is 8.60 Å². The standard InChI is InChI=1S/C13H19BFNO3S/c1-12(2)13(3,4)19-14(18-12)11-9(8-20(5)17)6-16-7-10(11)15/h6-7H,8H2,1-5H3. The molecule has 0 aromatic carbocycles. The van der Waals surface area contributed by atoms with Crippen molar-refractivity contribution in [1.82, 2.24) is 4.98 Å². The molecule has 1 fully saturated rings. The lowest BCUT2D eigenvalue weighted by Crippen LogP contribution is -2.41. The van der Waals surface area contributed by atoms with E-state index in [2.05, 4.69) is 4.98 Å². The second-order valence-electron chi connectivity index (χ2n) is 6.00. The third-order valence-corrected chi connectivity index (χ3v) is 4.59. The molecule has 7 heteroatoms. The Bertz CT molecular complexity index is 534. The first-order chi connectivity index (χ1) is 9.14. The van der Waals surface area contributed by atoms with Gasteiger partial charge < -0.3 is 9.31 Å². The summed E-state index contributed by atoms with van der Waals surface area (Å²) in [5.41, 5.74) is -0.232. The van der Waals surface area contributed by atoms with E-state index in [1.54, 1.807) is 6.26 Å². The Balaban J connectivity index is 2.41. The van der Waals surface area contributed by atoms with Gasteiger partial charge in [-0.2, -0.15) is 0 Å². The van der Waals surface area contributed by atoms with Crippen LogP contribution >= 0.6 is 0 Å². The lowest BCUT2D eigenvalue weighted by Gasteiger charge is -2.32. The molecule has 1 aromatic heterocycles. The molecule has 1 saturated heterocycles. The molecule has 0 saturated carbocycles. The van der Waals surface area contributed by atoms with E-state index in [1.165, 1.54) is 6.20 Å². The van der Waals surface area contributed by atoms with Crippen molar-refractivity contribution in [2.24, 2.45) is 0 Å². The van der Waals surface area contributed by atoms with Crippen molar-refractivity contribution in [2.75, 3.05) is 6.26 Å². The van der Waals surface area contributed by atoms with Crippen LogP contribution in [0.2, 0.25) is 0 Å². The molecule has 1 atom stereocenters. The predicted molar refractivity (Wildman–Crippen MR) is 77.7 cm³/mol. The Morgan fingerprint density at radius 3 is 2.30 bits per heavy atom. The summed E-state index contributed by atoms with van der Waals surface area (Å²) in [6.45, 7) is 7.63. The Kier molecular flexibility index (Phi) is 4.06. The smallest absolute Gasteiger partial charge is 0.399 e. The van der Waals surface area contributed by atoms with Crippen LogP contribution in [0, 0.1) is 5.82 Å². The second-order valence-corrected chi connectivity index (χ2v) is 7.43. The van der Waals surface area contributed by atoms with E-state index < -0.39 is 34.9 Å². The molecule has 1 unspecified atom stereocenters. The third-order valence-electron chi connectivity index (χ3n) is 3.87. The summed E-state index contributed by atoms with van der Waals surface area (Å²) >= 11 is 0. The molecular formula is C13H19BFNO3S. The Morgan fingerprint density at radius 1 is 1.25 bits per heavy atom. The summed E-state index contributed by atoms with van der Waals surface area (Å²) in [6, 6.07) is 0. The molecule has 2 heterocycles. The van der Waals surface area contributed by atoms with Gasteiger partial charge in [-0.1, -0.05) is 0 Å². The summed E-state index contributed by atoms with van der Waals surface area (Å²) in [5.74, 6) is -0.268. The molecule has 110 valence electrons. The summed E-state index contributed by atoms with van der Waals surface area (Å²) in [6.07, 6.45) is 4.21. The lowest BCUT2D eigenvalue weighted by atomic mass is 9.76. The van der Waals surface area contributed by atoms with E-state index in [4.69, 9.17) is 9.31 Å². The highest BCUT2D eigenvalue weighted by Crippen LogP contribution is 2.36. The molecule has 0 spiro atoms. The van der Waals surface area contributed by atoms with Crippen LogP contribution in [0.3, 0.4) is 0 Å². The van der Waals surface area contributed by atoms with Crippen molar-refractivity contribution in [3.8, 4) is 0 Å². The molecule has 0 bridgehead atoms. The van der Waals surface area contributed by atoms with Gasteiger partial charge in [-0.3, -0.25) is 9.19 Å². The molecule has 0 N–H and O–H groups in total. The molecule has 1 aliphatic heterocycles. The topological polar surface area (TPSA) is 48.4 Å². The van der Waals surface area contributed by atoms with Crippen LogP contribution in [-0.4, -0.2) is 33.8 Å². The molecule has 4 nitrogen and oxygen atoms in total. The van der Waals surface area contributed by atoms with Gasteiger partial charge in [-0.05, 0) is 33.3 Å². The van der Waals surface area contributed by atoms with Gasteiger partial charge in [0.25, 0.3) is 0 Å². The molecule has 0 aliphatic carbocycles. The zero-order valence-electron chi connectivity index (χ0n) is 12.4. The van der Waals surface area contributed by atoms with Crippen LogP contribution in [0.4, 0.5) is 4.39 Å². The number of hydrogen-bond acceptors (Lipinski definition) is 4. The zero-order valence-corrected chi connectivity index (χ0v) is 13.2. The molecule has 0 amide bonds. The van der Waals surface area contributed by atoms with Crippen molar-refractivity contribution in [3.63, 3.8) is 0 Å². The van der Waals surface area contributed by atoms with Crippen molar-refractivity contribution in [2.45, 2.75) is 44.6 Å². The van der Waals surface area contributed by atoms with E-state index >= 15 is 0 Å².